The number of nitrogen functional groups attached to an aromatic ring is 1. The Hall–Kier alpha value is -1.00. The predicted molar refractivity (Wildman–Crippen MR) is 74.6 cm³/mol. The zero-order chi connectivity index (χ0) is 13.3. The van der Waals surface area contributed by atoms with Gasteiger partial charge in [-0.1, -0.05) is 11.6 Å². The molecule has 0 amide bonds. The van der Waals surface area contributed by atoms with Gasteiger partial charge < -0.3 is 11.1 Å². The van der Waals surface area contributed by atoms with Crippen molar-refractivity contribution in [2.45, 2.75) is 31.8 Å². The van der Waals surface area contributed by atoms with E-state index in [1.54, 1.807) is 0 Å². The molecule has 1 saturated carbocycles. The van der Waals surface area contributed by atoms with Crippen LogP contribution in [-0.2, 0) is 0 Å². The summed E-state index contributed by atoms with van der Waals surface area (Å²) < 4.78 is 13.3. The minimum atomic E-state index is -0.448. The molecule has 0 aromatic heterocycles. The Balaban J connectivity index is 1.95. The quantitative estimate of drug-likeness (QED) is 0.809. The van der Waals surface area contributed by atoms with E-state index in [4.69, 9.17) is 17.3 Å². The van der Waals surface area contributed by atoms with Crippen LogP contribution in [0.1, 0.15) is 19.8 Å². The van der Waals surface area contributed by atoms with Crippen molar-refractivity contribution < 1.29 is 4.39 Å². The monoisotopic (exact) mass is 271 g/mol. The summed E-state index contributed by atoms with van der Waals surface area (Å²) >= 11 is 5.66. The van der Waals surface area contributed by atoms with Crippen molar-refractivity contribution in [3.8, 4) is 0 Å². The largest absolute Gasteiger partial charge is 0.397 e. The van der Waals surface area contributed by atoms with Gasteiger partial charge in [-0.3, -0.25) is 4.90 Å². The molecule has 0 heterocycles. The first-order valence-corrected chi connectivity index (χ1v) is 6.57. The van der Waals surface area contributed by atoms with Crippen molar-refractivity contribution in [2.24, 2.45) is 0 Å². The van der Waals surface area contributed by atoms with Crippen LogP contribution >= 0.6 is 11.6 Å². The molecule has 3 N–H and O–H groups in total. The van der Waals surface area contributed by atoms with Crippen LogP contribution < -0.4 is 11.1 Å². The lowest BCUT2D eigenvalue weighted by atomic mass is 10.2. The van der Waals surface area contributed by atoms with Gasteiger partial charge in [0.25, 0.3) is 0 Å². The number of rotatable bonds is 5. The van der Waals surface area contributed by atoms with Crippen LogP contribution in [0.4, 0.5) is 15.8 Å². The van der Waals surface area contributed by atoms with Crippen molar-refractivity contribution >= 4 is 23.0 Å². The maximum Gasteiger partial charge on any atom is 0.143 e. The van der Waals surface area contributed by atoms with Crippen LogP contribution in [0.2, 0.25) is 5.02 Å². The summed E-state index contributed by atoms with van der Waals surface area (Å²) in [6, 6.07) is 3.88. The van der Waals surface area contributed by atoms with E-state index in [1.807, 2.05) is 0 Å². The third-order valence-corrected chi connectivity index (χ3v) is 3.79. The lowest BCUT2D eigenvalue weighted by molar-refractivity contribution is 0.257. The Kier molecular flexibility index (Phi) is 3.97. The van der Waals surface area contributed by atoms with E-state index >= 15 is 0 Å². The number of nitrogens with zero attached hydrogens (tertiary/aromatic N) is 1. The Morgan fingerprint density at radius 3 is 2.83 bits per heavy atom. The van der Waals surface area contributed by atoms with Gasteiger partial charge in [0.05, 0.1) is 16.4 Å². The molecule has 2 rings (SSSR count). The summed E-state index contributed by atoms with van der Waals surface area (Å²) in [6.07, 6.45) is 2.55. The van der Waals surface area contributed by atoms with Crippen molar-refractivity contribution in [3.63, 3.8) is 0 Å². The standard InChI is InChI=1S/C13H19ClFN3/c1-8(18(2)9-3-4-9)7-17-13-6-11(15)10(14)5-12(13)16/h5-6,8-9,17H,3-4,7,16H2,1-2H3. The Morgan fingerprint density at radius 2 is 2.22 bits per heavy atom. The number of likely N-dealkylation sites (N-methyl/N-ethyl adjacent to an activating group) is 1. The van der Waals surface area contributed by atoms with Crippen LogP contribution in [-0.4, -0.2) is 30.6 Å². The fraction of sp³-hybridized carbons (Fsp3) is 0.538. The van der Waals surface area contributed by atoms with Crippen LogP contribution in [0.25, 0.3) is 0 Å². The Morgan fingerprint density at radius 1 is 1.56 bits per heavy atom. The van der Waals surface area contributed by atoms with Crippen molar-refractivity contribution in [2.75, 3.05) is 24.6 Å². The Labute approximate surface area is 112 Å². The van der Waals surface area contributed by atoms with E-state index in [1.165, 1.54) is 25.0 Å². The molecule has 1 aliphatic carbocycles. The lowest BCUT2D eigenvalue weighted by Crippen LogP contribution is -2.36. The van der Waals surface area contributed by atoms with Gasteiger partial charge in [0, 0.05) is 24.7 Å². The molecule has 1 fully saturated rings. The molecule has 0 saturated heterocycles. The Bertz CT molecular complexity index is 434. The molecule has 0 bridgehead atoms. The zero-order valence-corrected chi connectivity index (χ0v) is 11.5. The molecule has 1 aliphatic rings. The van der Waals surface area contributed by atoms with E-state index in [9.17, 15) is 4.39 Å². The molecule has 1 atom stereocenters. The van der Waals surface area contributed by atoms with Crippen LogP contribution in [0.3, 0.4) is 0 Å². The molecule has 1 aromatic carbocycles. The van der Waals surface area contributed by atoms with Crippen molar-refractivity contribution in [1.82, 2.24) is 4.90 Å². The highest BCUT2D eigenvalue weighted by molar-refractivity contribution is 6.31. The van der Waals surface area contributed by atoms with Gasteiger partial charge in [-0.25, -0.2) is 4.39 Å². The van der Waals surface area contributed by atoms with Gasteiger partial charge in [-0.2, -0.15) is 0 Å². The van der Waals surface area contributed by atoms with Gasteiger partial charge in [-0.05, 0) is 32.9 Å². The molecule has 0 spiro atoms. The van der Waals surface area contributed by atoms with Gasteiger partial charge in [0.15, 0.2) is 0 Å². The average Bonchev–Trinajstić information content (AvgIpc) is 3.14. The molecular formula is C13H19ClFN3. The van der Waals surface area contributed by atoms with Gasteiger partial charge in [0.1, 0.15) is 5.82 Å². The number of halogens is 2. The minimum Gasteiger partial charge on any atom is -0.397 e. The summed E-state index contributed by atoms with van der Waals surface area (Å²) in [6.45, 7) is 2.88. The summed E-state index contributed by atoms with van der Waals surface area (Å²) in [5.41, 5.74) is 6.88. The number of benzene rings is 1. The third-order valence-electron chi connectivity index (χ3n) is 3.50. The van der Waals surface area contributed by atoms with E-state index in [2.05, 4.69) is 24.2 Å². The van der Waals surface area contributed by atoms with Crippen LogP contribution in [0.5, 0.6) is 0 Å². The van der Waals surface area contributed by atoms with E-state index in [0.717, 1.165) is 6.54 Å². The topological polar surface area (TPSA) is 41.3 Å². The predicted octanol–water partition coefficient (Wildman–Crippen LogP) is 2.96. The molecular weight excluding hydrogens is 253 g/mol. The average molecular weight is 272 g/mol. The normalized spacial score (nSPS) is 16.9. The van der Waals surface area contributed by atoms with E-state index in [-0.39, 0.29) is 5.02 Å². The molecule has 3 nitrogen and oxygen atoms in total. The summed E-state index contributed by atoms with van der Waals surface area (Å²) in [5.74, 6) is -0.448. The minimum absolute atomic E-state index is 0.0567. The van der Waals surface area contributed by atoms with Gasteiger partial charge in [0.2, 0.25) is 0 Å². The molecule has 1 aromatic rings. The number of nitrogens with two attached hydrogens (primary N) is 1. The third kappa shape index (κ3) is 3.06. The van der Waals surface area contributed by atoms with Crippen molar-refractivity contribution in [3.05, 3.63) is 23.0 Å². The van der Waals surface area contributed by atoms with Gasteiger partial charge >= 0.3 is 0 Å². The second kappa shape index (κ2) is 5.33. The van der Waals surface area contributed by atoms with Crippen LogP contribution in [0, 0.1) is 5.82 Å². The highest BCUT2D eigenvalue weighted by atomic mass is 35.5. The first-order valence-electron chi connectivity index (χ1n) is 6.19. The highest BCUT2D eigenvalue weighted by Gasteiger charge is 2.28. The smallest absolute Gasteiger partial charge is 0.143 e. The molecule has 0 radical (unpaired) electrons. The summed E-state index contributed by atoms with van der Waals surface area (Å²) in [5, 5.41) is 3.24. The van der Waals surface area contributed by atoms with Crippen molar-refractivity contribution in [1.29, 1.82) is 0 Å². The molecule has 5 heteroatoms. The molecule has 1 unspecified atom stereocenters. The van der Waals surface area contributed by atoms with E-state index < -0.39 is 5.82 Å². The number of nitrogens with one attached hydrogen (secondary N) is 1. The number of hydrogen-bond acceptors (Lipinski definition) is 3. The van der Waals surface area contributed by atoms with Crippen LogP contribution in [0.15, 0.2) is 12.1 Å². The van der Waals surface area contributed by atoms with Gasteiger partial charge in [-0.15, -0.1) is 0 Å². The first-order chi connectivity index (χ1) is 8.49. The number of anilines is 2. The second-order valence-corrected chi connectivity index (χ2v) is 5.39. The fourth-order valence-electron chi connectivity index (χ4n) is 1.96. The zero-order valence-electron chi connectivity index (χ0n) is 10.7. The highest BCUT2D eigenvalue weighted by Crippen LogP contribution is 2.28. The maximum absolute atomic E-state index is 13.3. The molecule has 18 heavy (non-hydrogen) atoms. The summed E-state index contributed by atoms with van der Waals surface area (Å²) in [7, 11) is 2.12. The van der Waals surface area contributed by atoms with E-state index in [0.29, 0.717) is 23.5 Å². The molecule has 100 valence electrons. The molecule has 0 aliphatic heterocycles. The first kappa shape index (κ1) is 13.4. The fourth-order valence-corrected chi connectivity index (χ4v) is 2.13. The second-order valence-electron chi connectivity index (χ2n) is 4.98. The number of hydrogen-bond donors (Lipinski definition) is 2. The summed E-state index contributed by atoms with van der Waals surface area (Å²) in [4.78, 5) is 2.34. The SMILES string of the molecule is CC(CNc1cc(F)c(Cl)cc1N)N(C)C1CC1. The lowest BCUT2D eigenvalue weighted by Gasteiger charge is -2.25. The maximum atomic E-state index is 13.3.